The lowest BCUT2D eigenvalue weighted by atomic mass is 10.3. The van der Waals surface area contributed by atoms with Crippen LogP contribution in [0.25, 0.3) is 0 Å². The smallest absolute Gasteiger partial charge is 0.127 e. The average molecular weight is 222 g/mol. The first-order chi connectivity index (χ1) is 7.50. The number of aliphatic imine (C=N–C) groups is 1. The molecular formula is C12H22N4. The van der Waals surface area contributed by atoms with E-state index in [1.54, 1.807) is 0 Å². The van der Waals surface area contributed by atoms with Crippen molar-refractivity contribution in [3.05, 3.63) is 24.7 Å². The monoisotopic (exact) mass is 222 g/mol. The highest BCUT2D eigenvalue weighted by atomic mass is 15.3. The molecule has 0 amide bonds. The Morgan fingerprint density at radius 2 is 2.19 bits per heavy atom. The number of nitrogens with zero attached hydrogens (tertiary/aromatic N) is 3. The maximum atomic E-state index is 4.46. The topological polar surface area (TPSA) is 30.9 Å². The molecule has 0 saturated heterocycles. The summed E-state index contributed by atoms with van der Waals surface area (Å²) in [6.07, 6.45) is 4.02. The zero-order valence-corrected chi connectivity index (χ0v) is 10.7. The van der Waals surface area contributed by atoms with E-state index in [9.17, 15) is 0 Å². The fourth-order valence-electron chi connectivity index (χ4n) is 1.44. The molecule has 0 spiro atoms. The van der Waals surface area contributed by atoms with Gasteiger partial charge in [-0.15, -0.1) is 0 Å². The lowest BCUT2D eigenvalue weighted by molar-refractivity contribution is 0.367. The highest BCUT2D eigenvalue weighted by Crippen LogP contribution is 2.10. The third-order valence-corrected chi connectivity index (χ3v) is 2.36. The molecule has 1 N–H and O–H groups in total. The first-order valence-corrected chi connectivity index (χ1v) is 5.62. The zero-order chi connectivity index (χ0) is 12.1. The molecular weight excluding hydrogens is 200 g/mol. The number of likely N-dealkylation sites (N-methyl/N-ethyl adjacent to an activating group) is 1. The summed E-state index contributed by atoms with van der Waals surface area (Å²) in [6, 6.07) is 0.416. The van der Waals surface area contributed by atoms with Crippen LogP contribution in [0.5, 0.6) is 0 Å². The van der Waals surface area contributed by atoms with Crippen molar-refractivity contribution in [2.75, 3.05) is 27.2 Å². The second kappa shape index (κ2) is 5.70. The van der Waals surface area contributed by atoms with Crippen molar-refractivity contribution < 1.29 is 0 Å². The van der Waals surface area contributed by atoms with Crippen molar-refractivity contribution in [3.63, 3.8) is 0 Å². The molecule has 0 atom stereocenters. The van der Waals surface area contributed by atoms with Gasteiger partial charge < -0.3 is 15.1 Å². The summed E-state index contributed by atoms with van der Waals surface area (Å²) >= 11 is 0. The molecule has 0 radical (unpaired) electrons. The molecule has 0 aromatic rings. The fraction of sp³-hybridized carbons (Fsp3) is 0.583. The Kier molecular flexibility index (Phi) is 4.55. The maximum absolute atomic E-state index is 4.46. The van der Waals surface area contributed by atoms with E-state index in [0.717, 1.165) is 24.7 Å². The number of hydrogen-bond donors (Lipinski definition) is 1. The average Bonchev–Trinajstić information content (AvgIpc) is 2.16. The van der Waals surface area contributed by atoms with Gasteiger partial charge in [0, 0.05) is 18.8 Å². The van der Waals surface area contributed by atoms with Gasteiger partial charge in [-0.05, 0) is 34.0 Å². The standard InChI is InChI=1S/C12H22N4/c1-10(2)16-8-6-12(14-11(16)3)13-7-9-15(4)5/h6,8,10H,3,7,9H2,1-2,4-5H3,(H,13,14). The second-order valence-electron chi connectivity index (χ2n) is 4.46. The maximum Gasteiger partial charge on any atom is 0.127 e. The number of rotatable bonds is 4. The van der Waals surface area contributed by atoms with E-state index in [-0.39, 0.29) is 0 Å². The van der Waals surface area contributed by atoms with E-state index < -0.39 is 0 Å². The minimum Gasteiger partial charge on any atom is -0.332 e. The van der Waals surface area contributed by atoms with Crippen molar-refractivity contribution >= 4 is 5.84 Å². The van der Waals surface area contributed by atoms with E-state index in [1.165, 1.54) is 0 Å². The minimum absolute atomic E-state index is 0.416. The van der Waals surface area contributed by atoms with Gasteiger partial charge >= 0.3 is 0 Å². The Morgan fingerprint density at radius 3 is 2.69 bits per heavy atom. The Labute approximate surface area is 98.3 Å². The molecule has 0 bridgehead atoms. The van der Waals surface area contributed by atoms with Gasteiger partial charge in [-0.2, -0.15) is 0 Å². The fourth-order valence-corrected chi connectivity index (χ4v) is 1.44. The van der Waals surface area contributed by atoms with Crippen molar-refractivity contribution in [3.8, 4) is 0 Å². The van der Waals surface area contributed by atoms with Crippen molar-refractivity contribution in [2.24, 2.45) is 4.99 Å². The summed E-state index contributed by atoms with van der Waals surface area (Å²) in [5, 5.41) is 3.20. The number of amidine groups is 1. The third-order valence-electron chi connectivity index (χ3n) is 2.36. The molecule has 0 aromatic carbocycles. The van der Waals surface area contributed by atoms with Gasteiger partial charge in [-0.3, -0.25) is 4.99 Å². The second-order valence-corrected chi connectivity index (χ2v) is 4.46. The first-order valence-electron chi connectivity index (χ1n) is 5.62. The predicted molar refractivity (Wildman–Crippen MR) is 69.2 cm³/mol. The summed E-state index contributed by atoms with van der Waals surface area (Å²) in [4.78, 5) is 8.66. The Bertz CT molecular complexity index is 302. The summed E-state index contributed by atoms with van der Waals surface area (Å²) < 4.78 is 0. The van der Waals surface area contributed by atoms with Crippen LogP contribution in [0.15, 0.2) is 29.7 Å². The third kappa shape index (κ3) is 3.70. The highest BCUT2D eigenvalue weighted by Gasteiger charge is 2.13. The lowest BCUT2D eigenvalue weighted by Crippen LogP contribution is -2.38. The number of hydrogen-bond acceptors (Lipinski definition) is 3. The molecule has 4 nitrogen and oxygen atoms in total. The molecule has 1 rings (SSSR count). The van der Waals surface area contributed by atoms with Crippen LogP contribution in [-0.2, 0) is 0 Å². The van der Waals surface area contributed by atoms with Crippen LogP contribution in [0.4, 0.5) is 0 Å². The van der Waals surface area contributed by atoms with E-state index >= 15 is 0 Å². The van der Waals surface area contributed by atoms with Gasteiger partial charge in [0.2, 0.25) is 0 Å². The van der Waals surface area contributed by atoms with Crippen LogP contribution >= 0.6 is 0 Å². The zero-order valence-electron chi connectivity index (χ0n) is 10.7. The van der Waals surface area contributed by atoms with Gasteiger partial charge in [-0.25, -0.2) is 0 Å². The quantitative estimate of drug-likeness (QED) is 0.776. The van der Waals surface area contributed by atoms with E-state index in [0.29, 0.717) is 6.04 Å². The predicted octanol–water partition coefficient (Wildman–Crippen LogP) is 1.24. The summed E-state index contributed by atoms with van der Waals surface area (Å²) in [6.45, 7) is 10.0. The molecule has 1 aliphatic heterocycles. The van der Waals surface area contributed by atoms with Crippen LogP contribution in [0, 0.1) is 0 Å². The molecule has 0 aliphatic carbocycles. The molecule has 90 valence electrons. The lowest BCUT2D eigenvalue weighted by Gasteiger charge is -2.30. The summed E-state index contributed by atoms with van der Waals surface area (Å²) in [5.74, 6) is 1.78. The highest BCUT2D eigenvalue weighted by molar-refractivity contribution is 5.94. The Hall–Kier alpha value is -1.29. The molecule has 1 heterocycles. The van der Waals surface area contributed by atoms with Crippen LogP contribution in [0.2, 0.25) is 0 Å². The van der Waals surface area contributed by atoms with E-state index in [2.05, 4.69) is 40.5 Å². The van der Waals surface area contributed by atoms with Gasteiger partial charge in [0.25, 0.3) is 0 Å². The Balaban J connectivity index is 2.55. The van der Waals surface area contributed by atoms with E-state index in [4.69, 9.17) is 0 Å². The first kappa shape index (κ1) is 12.8. The van der Waals surface area contributed by atoms with Gasteiger partial charge in [0.05, 0.1) is 6.54 Å². The van der Waals surface area contributed by atoms with E-state index in [1.807, 2.05) is 26.4 Å². The SMILES string of the molecule is C=C1NC(=NCCN(C)C)C=CN1C(C)C. The molecule has 4 heteroatoms. The van der Waals surface area contributed by atoms with Gasteiger partial charge in [0.1, 0.15) is 11.7 Å². The summed E-state index contributed by atoms with van der Waals surface area (Å²) in [7, 11) is 4.09. The van der Waals surface area contributed by atoms with Gasteiger partial charge in [-0.1, -0.05) is 6.58 Å². The molecule has 0 aromatic heterocycles. The van der Waals surface area contributed by atoms with Gasteiger partial charge in [0.15, 0.2) is 0 Å². The van der Waals surface area contributed by atoms with Crippen LogP contribution in [-0.4, -0.2) is 48.9 Å². The minimum atomic E-state index is 0.416. The molecule has 16 heavy (non-hydrogen) atoms. The molecule has 0 unspecified atom stereocenters. The molecule has 0 fully saturated rings. The van der Waals surface area contributed by atoms with Crippen molar-refractivity contribution in [1.82, 2.24) is 15.1 Å². The number of nitrogens with one attached hydrogen (secondary N) is 1. The van der Waals surface area contributed by atoms with Crippen LogP contribution in [0.3, 0.4) is 0 Å². The van der Waals surface area contributed by atoms with Crippen molar-refractivity contribution in [1.29, 1.82) is 0 Å². The van der Waals surface area contributed by atoms with Crippen molar-refractivity contribution in [2.45, 2.75) is 19.9 Å². The Morgan fingerprint density at radius 1 is 1.50 bits per heavy atom. The molecule has 0 saturated carbocycles. The summed E-state index contributed by atoms with van der Waals surface area (Å²) in [5.41, 5.74) is 0. The normalized spacial score (nSPS) is 18.8. The largest absolute Gasteiger partial charge is 0.332 e. The van der Waals surface area contributed by atoms with Crippen LogP contribution in [0.1, 0.15) is 13.8 Å². The van der Waals surface area contributed by atoms with Crippen LogP contribution < -0.4 is 5.32 Å². The molecule has 1 aliphatic rings.